The van der Waals surface area contributed by atoms with Crippen LogP contribution in [0.3, 0.4) is 0 Å². The molecule has 184 valence electrons. The Morgan fingerprint density at radius 3 is 1.44 bits per heavy atom. The van der Waals surface area contributed by atoms with E-state index in [1.54, 1.807) is 12.4 Å². The summed E-state index contributed by atoms with van der Waals surface area (Å²) in [6, 6.07) is 19.3. The molecule has 10 heteroatoms. The minimum Gasteiger partial charge on any atom is -0.378 e. The van der Waals surface area contributed by atoms with Crippen LogP contribution in [0.15, 0.2) is 70.9 Å². The van der Waals surface area contributed by atoms with E-state index in [0.29, 0.717) is 21.7 Å². The molecule has 0 spiro atoms. The molecule has 0 aliphatic carbocycles. The lowest BCUT2D eigenvalue weighted by atomic mass is 10.2. The molecule has 4 aromatic rings. The van der Waals surface area contributed by atoms with Crippen molar-refractivity contribution in [3.05, 3.63) is 81.8 Å². The van der Waals surface area contributed by atoms with Gasteiger partial charge in [-0.05, 0) is 36.4 Å². The van der Waals surface area contributed by atoms with Crippen molar-refractivity contribution in [2.24, 2.45) is 10.2 Å². The number of nitrogens with one attached hydrogen (secondary N) is 2. The maximum absolute atomic E-state index is 6.39. The molecule has 0 saturated carbocycles. The third-order valence-electron chi connectivity index (χ3n) is 5.44. The smallest absolute Gasteiger partial charge is 0.176 e. The first-order valence-electron chi connectivity index (χ1n) is 11.1. The second-order valence-corrected chi connectivity index (χ2v) is 9.20. The Morgan fingerprint density at radius 2 is 1.08 bits per heavy atom. The lowest BCUT2D eigenvalue weighted by Crippen LogP contribution is -2.08. The molecule has 0 aliphatic rings. The Hall–Kier alpha value is -3.88. The number of rotatable bonds is 8. The quantitative estimate of drug-likeness (QED) is 0.220. The van der Waals surface area contributed by atoms with Gasteiger partial charge in [0.1, 0.15) is 0 Å². The van der Waals surface area contributed by atoms with Crippen molar-refractivity contribution < 1.29 is 0 Å². The third kappa shape index (κ3) is 5.84. The van der Waals surface area contributed by atoms with Crippen molar-refractivity contribution in [2.75, 3.05) is 48.8 Å². The lowest BCUT2D eigenvalue weighted by Gasteiger charge is -2.13. The number of fused-ring (bicyclic) bond motifs is 1. The lowest BCUT2D eigenvalue weighted by molar-refractivity contribution is 1.03. The van der Waals surface area contributed by atoms with Gasteiger partial charge in [0.05, 0.1) is 22.5 Å². The molecule has 8 nitrogen and oxygen atoms in total. The van der Waals surface area contributed by atoms with Gasteiger partial charge in [-0.25, -0.2) is 0 Å². The molecule has 1 aromatic heterocycles. The van der Waals surface area contributed by atoms with Gasteiger partial charge in [0.15, 0.2) is 11.6 Å². The van der Waals surface area contributed by atoms with Crippen molar-refractivity contribution >= 4 is 69.4 Å². The average Bonchev–Trinajstić information content (AvgIpc) is 2.86. The summed E-state index contributed by atoms with van der Waals surface area (Å²) in [5, 5.41) is 20.1. The Bertz CT molecular complexity index is 1330. The van der Waals surface area contributed by atoms with Crippen molar-refractivity contribution in [1.82, 2.24) is 10.2 Å². The summed E-state index contributed by atoms with van der Waals surface area (Å²) in [5.41, 5.74) is 9.55. The molecule has 0 amide bonds. The first-order chi connectivity index (χ1) is 17.3. The summed E-state index contributed by atoms with van der Waals surface area (Å²) >= 11 is 12.8. The Morgan fingerprint density at radius 1 is 0.667 bits per heavy atom. The van der Waals surface area contributed by atoms with E-state index in [4.69, 9.17) is 23.2 Å². The summed E-state index contributed by atoms with van der Waals surface area (Å²) in [7, 11) is 7.86. The predicted molar refractivity (Wildman–Crippen MR) is 154 cm³/mol. The molecule has 1 heterocycles. The van der Waals surface area contributed by atoms with E-state index in [1.807, 2.05) is 98.7 Å². The van der Waals surface area contributed by atoms with Gasteiger partial charge < -0.3 is 9.80 Å². The van der Waals surface area contributed by atoms with Crippen LogP contribution in [0.2, 0.25) is 10.0 Å². The SMILES string of the molecule is CN(C)c1ccc(/C=N\Nc2nnc(N/N=C\c3ccc(N(C)C)cc3Cl)c3ccccc23)c(Cl)c1. The molecule has 4 rings (SSSR count). The van der Waals surface area contributed by atoms with Crippen LogP contribution in [0.4, 0.5) is 23.0 Å². The first-order valence-corrected chi connectivity index (χ1v) is 11.9. The molecular weight excluding hydrogens is 495 g/mol. The van der Waals surface area contributed by atoms with Gasteiger partial charge in [-0.1, -0.05) is 47.5 Å². The van der Waals surface area contributed by atoms with E-state index in [-0.39, 0.29) is 0 Å². The summed E-state index contributed by atoms with van der Waals surface area (Å²) in [4.78, 5) is 3.98. The van der Waals surface area contributed by atoms with Crippen molar-refractivity contribution in [2.45, 2.75) is 0 Å². The molecule has 0 radical (unpaired) electrons. The molecule has 2 N–H and O–H groups in total. The van der Waals surface area contributed by atoms with Crippen LogP contribution < -0.4 is 20.7 Å². The number of aromatic nitrogens is 2. The highest BCUT2D eigenvalue weighted by molar-refractivity contribution is 6.33. The number of nitrogens with zero attached hydrogens (tertiary/aromatic N) is 6. The predicted octanol–water partition coefficient (Wildman–Crippen LogP) is 5.96. The molecule has 36 heavy (non-hydrogen) atoms. The summed E-state index contributed by atoms with van der Waals surface area (Å²) in [6.45, 7) is 0. The standard InChI is InChI=1S/C26H26Cl2N8/c1-35(2)19-11-9-17(23(27)13-19)15-29-31-25-21-7-5-6-8-22(21)26(34-33-25)32-30-16-18-10-12-20(36(3)4)14-24(18)28/h5-16H,1-4H3,(H,31,33)(H,32,34)/b29-15-,30-16-. The number of hydrazone groups is 2. The Balaban J connectivity index is 1.51. The van der Waals surface area contributed by atoms with Crippen molar-refractivity contribution in [3.8, 4) is 0 Å². The van der Waals surface area contributed by atoms with Crippen LogP contribution in [0.1, 0.15) is 11.1 Å². The first kappa shape index (κ1) is 25.2. The zero-order chi connectivity index (χ0) is 25.7. The fourth-order valence-electron chi connectivity index (χ4n) is 3.39. The maximum atomic E-state index is 6.39. The largest absolute Gasteiger partial charge is 0.378 e. The highest BCUT2D eigenvalue weighted by atomic mass is 35.5. The third-order valence-corrected chi connectivity index (χ3v) is 6.09. The normalized spacial score (nSPS) is 11.4. The van der Waals surface area contributed by atoms with Gasteiger partial charge in [-0.2, -0.15) is 10.2 Å². The minimum atomic E-state index is 0.514. The van der Waals surface area contributed by atoms with Gasteiger partial charge in [0.2, 0.25) is 0 Å². The fraction of sp³-hybridized carbons (Fsp3) is 0.154. The van der Waals surface area contributed by atoms with Crippen LogP contribution in [0.5, 0.6) is 0 Å². The molecule has 0 saturated heterocycles. The molecule has 0 fully saturated rings. The highest BCUT2D eigenvalue weighted by Crippen LogP contribution is 2.27. The zero-order valence-electron chi connectivity index (χ0n) is 20.4. The van der Waals surface area contributed by atoms with Gasteiger partial charge in [0.25, 0.3) is 0 Å². The van der Waals surface area contributed by atoms with E-state index >= 15 is 0 Å². The monoisotopic (exact) mass is 520 g/mol. The van der Waals surface area contributed by atoms with E-state index in [2.05, 4.69) is 31.3 Å². The molecule has 0 bridgehead atoms. The van der Waals surface area contributed by atoms with E-state index in [0.717, 1.165) is 33.3 Å². The number of anilines is 4. The summed E-state index contributed by atoms with van der Waals surface area (Å²) in [6.07, 6.45) is 3.31. The van der Waals surface area contributed by atoms with Gasteiger partial charge in [0, 0.05) is 61.5 Å². The minimum absolute atomic E-state index is 0.514. The van der Waals surface area contributed by atoms with E-state index in [9.17, 15) is 0 Å². The number of benzene rings is 3. The average molecular weight is 521 g/mol. The van der Waals surface area contributed by atoms with Gasteiger partial charge in [-0.15, -0.1) is 10.2 Å². The maximum Gasteiger partial charge on any atom is 0.176 e. The summed E-state index contributed by atoms with van der Waals surface area (Å²) < 4.78 is 0. The second kappa shape index (κ2) is 11.2. The molecule has 3 aromatic carbocycles. The van der Waals surface area contributed by atoms with Crippen LogP contribution in [-0.4, -0.2) is 50.8 Å². The molecule has 0 unspecified atom stereocenters. The van der Waals surface area contributed by atoms with Crippen molar-refractivity contribution in [3.63, 3.8) is 0 Å². The zero-order valence-corrected chi connectivity index (χ0v) is 21.9. The fourth-order valence-corrected chi connectivity index (χ4v) is 3.84. The molecule has 0 atom stereocenters. The Labute approximate surface area is 220 Å². The van der Waals surface area contributed by atoms with Gasteiger partial charge in [-0.3, -0.25) is 10.9 Å². The van der Waals surface area contributed by atoms with Crippen LogP contribution in [0, 0.1) is 0 Å². The second-order valence-electron chi connectivity index (χ2n) is 8.38. The van der Waals surface area contributed by atoms with Crippen LogP contribution >= 0.6 is 23.2 Å². The van der Waals surface area contributed by atoms with Crippen LogP contribution in [-0.2, 0) is 0 Å². The van der Waals surface area contributed by atoms with E-state index < -0.39 is 0 Å². The molecular formula is C26H26Cl2N8. The Kier molecular flexibility index (Phi) is 7.87. The number of hydrogen-bond donors (Lipinski definition) is 2. The number of halogens is 2. The van der Waals surface area contributed by atoms with E-state index in [1.165, 1.54) is 0 Å². The highest BCUT2D eigenvalue weighted by Gasteiger charge is 2.09. The van der Waals surface area contributed by atoms with Crippen molar-refractivity contribution in [1.29, 1.82) is 0 Å². The number of hydrogen-bond acceptors (Lipinski definition) is 8. The summed E-state index contributed by atoms with van der Waals surface area (Å²) in [5.74, 6) is 1.03. The van der Waals surface area contributed by atoms with Gasteiger partial charge >= 0.3 is 0 Å². The molecule has 0 aliphatic heterocycles. The topological polar surface area (TPSA) is 81.0 Å². The van der Waals surface area contributed by atoms with Crippen LogP contribution in [0.25, 0.3) is 10.8 Å².